The zero-order valence-electron chi connectivity index (χ0n) is 13.2. The highest BCUT2D eigenvalue weighted by atomic mass is 20.0. The van der Waals surface area contributed by atoms with Crippen LogP contribution in [0.15, 0.2) is 0 Å². The molecule has 2 fully saturated rings. The fourth-order valence-corrected chi connectivity index (χ4v) is 2.30. The Balaban J connectivity index is -0.000000173. The number of carbonyl (C=O) groups excluding carboxylic acids is 1. The number of amides is 1. The summed E-state index contributed by atoms with van der Waals surface area (Å²) in [5, 5.41) is 0. The predicted octanol–water partition coefficient (Wildman–Crippen LogP) is 6.32. The number of halogens is 10. The van der Waals surface area contributed by atoms with Gasteiger partial charge >= 0.3 is 6.09 Å². The molecule has 1 aliphatic heterocycles. The van der Waals surface area contributed by atoms with Crippen molar-refractivity contribution in [2.45, 2.75) is 33.3 Å². The van der Waals surface area contributed by atoms with E-state index in [2.05, 4.69) is 6.92 Å². The zero-order valence-corrected chi connectivity index (χ0v) is 13.2. The minimum atomic E-state index is -0.366. The highest BCUT2D eigenvalue weighted by Crippen LogP contribution is 2.51. The summed E-state index contributed by atoms with van der Waals surface area (Å²) in [7, 11) is 0. The molecule has 2 rings (SSSR count). The number of rotatable bonds is 0. The van der Waals surface area contributed by atoms with Gasteiger partial charge in [-0.15, -0.1) is 0 Å². The van der Waals surface area contributed by atoms with Crippen LogP contribution in [0.2, 0.25) is 0 Å². The minimum Gasteiger partial charge on any atom is -0.444 e. The van der Waals surface area contributed by atoms with E-state index in [4.69, 9.17) is 50.5 Å². The van der Waals surface area contributed by atoms with Crippen LogP contribution in [-0.2, 0) is 4.74 Å². The van der Waals surface area contributed by atoms with Crippen LogP contribution in [0.3, 0.4) is 0 Å². The molecule has 0 aromatic heterocycles. The van der Waals surface area contributed by atoms with Crippen LogP contribution in [0, 0.1) is 17.8 Å². The Hall–Kier alpha value is -1.43. The molecular weight excluding hydrogens is 368 g/mol. The third-order valence-electron chi connectivity index (χ3n) is 3.27. The van der Waals surface area contributed by atoms with Gasteiger partial charge in [-0.1, -0.05) is 6.92 Å². The quantitative estimate of drug-likeness (QED) is 0.455. The number of carbonyl (C=O) groups is 1. The SMILES string of the molecule is CC1[C@H]2CN(C(=O)OC(C)(C)C)C[C@@H]12.FF.FF.FF.FF.FF. The van der Waals surface area contributed by atoms with Crippen molar-refractivity contribution in [2.75, 3.05) is 13.1 Å². The first-order chi connectivity index (χ1) is 11.4. The Bertz CT molecular complexity index is 268. The van der Waals surface area contributed by atoms with E-state index >= 15 is 0 Å². The molecule has 1 unspecified atom stereocenters. The summed E-state index contributed by atoms with van der Waals surface area (Å²) >= 11 is 0. The average molecular weight is 387 g/mol. The molecule has 24 heavy (non-hydrogen) atoms. The highest BCUT2D eigenvalue weighted by molar-refractivity contribution is 5.68. The van der Waals surface area contributed by atoms with Crippen LogP contribution in [0.4, 0.5) is 50.5 Å². The van der Waals surface area contributed by atoms with E-state index in [1.165, 1.54) is 0 Å². The second-order valence-corrected chi connectivity index (χ2v) is 5.57. The highest BCUT2D eigenvalue weighted by Gasteiger charge is 2.54. The van der Waals surface area contributed by atoms with Crippen LogP contribution in [-0.4, -0.2) is 29.7 Å². The van der Waals surface area contributed by atoms with Crippen molar-refractivity contribution in [1.82, 2.24) is 4.90 Å². The molecular formula is C11H19F10NO2. The first-order valence-electron chi connectivity index (χ1n) is 6.08. The second kappa shape index (κ2) is 17.9. The lowest BCUT2D eigenvalue weighted by Crippen LogP contribution is -2.36. The lowest BCUT2D eigenvalue weighted by Gasteiger charge is -2.25. The fraction of sp³-hybridized carbons (Fsp3) is 0.909. The monoisotopic (exact) mass is 387 g/mol. The summed E-state index contributed by atoms with van der Waals surface area (Å²) in [6, 6.07) is 0. The van der Waals surface area contributed by atoms with Crippen molar-refractivity contribution >= 4 is 6.09 Å². The maximum absolute atomic E-state index is 11.6. The largest absolute Gasteiger partial charge is 0.444 e. The summed E-state index contributed by atoms with van der Waals surface area (Å²) in [6.45, 7) is 9.79. The number of ether oxygens (including phenoxy) is 1. The van der Waals surface area contributed by atoms with Gasteiger partial charge in [0.05, 0.1) is 0 Å². The molecule has 3 atom stereocenters. The van der Waals surface area contributed by atoms with Crippen LogP contribution in [0.5, 0.6) is 0 Å². The van der Waals surface area contributed by atoms with Crippen molar-refractivity contribution in [3.63, 3.8) is 0 Å². The van der Waals surface area contributed by atoms with Gasteiger partial charge in [0.15, 0.2) is 0 Å². The lowest BCUT2D eigenvalue weighted by atomic mass is 10.2. The standard InChI is InChI=1S/C11H19NO2.5F2/c1-7-8-5-12(6-9(7)8)10(13)14-11(2,3)4;5*1-2/h7-9H,5-6H2,1-4H3;;;;;/t7?,8-,9+;;;;;. The zero-order chi connectivity index (χ0) is 20.5. The smallest absolute Gasteiger partial charge is 0.410 e. The number of hydrogen-bond donors (Lipinski definition) is 0. The predicted molar refractivity (Wildman–Crippen MR) is 65.0 cm³/mol. The molecule has 0 aromatic carbocycles. The Labute approximate surface area is 131 Å². The Kier molecular flexibility index (Phi) is 22.7. The molecule has 0 N–H and O–H groups in total. The molecule has 1 saturated heterocycles. The Morgan fingerprint density at radius 3 is 1.38 bits per heavy atom. The summed E-state index contributed by atoms with van der Waals surface area (Å²) in [6.07, 6.45) is -0.142. The number of likely N-dealkylation sites (tertiary alicyclic amines) is 1. The summed E-state index contributed by atoms with van der Waals surface area (Å²) < 4.78 is 85.3. The van der Waals surface area contributed by atoms with Gasteiger partial charge < -0.3 is 9.64 Å². The van der Waals surface area contributed by atoms with Crippen molar-refractivity contribution in [3.8, 4) is 0 Å². The van der Waals surface area contributed by atoms with Gasteiger partial charge in [-0.3, -0.25) is 0 Å². The Morgan fingerprint density at radius 2 is 1.12 bits per heavy atom. The number of nitrogens with zero attached hydrogens (tertiary/aromatic N) is 1. The van der Waals surface area contributed by atoms with Gasteiger partial charge in [0.25, 0.3) is 0 Å². The van der Waals surface area contributed by atoms with Crippen LogP contribution < -0.4 is 0 Å². The second-order valence-electron chi connectivity index (χ2n) is 5.57. The molecule has 0 spiro atoms. The summed E-state index contributed by atoms with van der Waals surface area (Å²) in [5.41, 5.74) is -0.366. The molecule has 0 bridgehead atoms. The molecule has 3 nitrogen and oxygen atoms in total. The molecule has 1 saturated carbocycles. The van der Waals surface area contributed by atoms with E-state index in [0.717, 1.165) is 30.8 Å². The van der Waals surface area contributed by atoms with E-state index in [1.807, 2.05) is 25.7 Å². The molecule has 150 valence electrons. The van der Waals surface area contributed by atoms with Crippen LogP contribution >= 0.6 is 0 Å². The maximum atomic E-state index is 11.6. The first-order valence-corrected chi connectivity index (χ1v) is 6.08. The van der Waals surface area contributed by atoms with E-state index in [1.54, 1.807) is 0 Å². The molecule has 0 aromatic rings. The van der Waals surface area contributed by atoms with Crippen molar-refractivity contribution in [3.05, 3.63) is 0 Å². The van der Waals surface area contributed by atoms with Gasteiger partial charge in [0.1, 0.15) is 5.60 Å². The van der Waals surface area contributed by atoms with Crippen molar-refractivity contribution in [1.29, 1.82) is 0 Å². The van der Waals surface area contributed by atoms with E-state index < -0.39 is 0 Å². The van der Waals surface area contributed by atoms with Gasteiger partial charge in [-0.05, 0) is 38.5 Å². The maximum Gasteiger partial charge on any atom is 0.410 e. The average Bonchev–Trinajstić information content (AvgIpc) is 3.03. The fourth-order valence-electron chi connectivity index (χ4n) is 2.30. The van der Waals surface area contributed by atoms with Gasteiger partial charge in [-0.2, -0.15) is 0 Å². The Morgan fingerprint density at radius 1 is 0.833 bits per heavy atom. The summed E-state index contributed by atoms with van der Waals surface area (Å²) in [4.78, 5) is 13.5. The topological polar surface area (TPSA) is 29.5 Å². The van der Waals surface area contributed by atoms with Crippen LogP contribution in [0.1, 0.15) is 27.7 Å². The third kappa shape index (κ3) is 12.0. The molecule has 0 radical (unpaired) electrons. The van der Waals surface area contributed by atoms with Crippen molar-refractivity contribution < 1.29 is 55.3 Å². The lowest BCUT2D eigenvalue weighted by molar-refractivity contribution is 0.0267. The van der Waals surface area contributed by atoms with Crippen LogP contribution in [0.25, 0.3) is 0 Å². The first kappa shape index (κ1) is 30.5. The molecule has 1 heterocycles. The molecule has 1 aliphatic carbocycles. The number of fused-ring (bicyclic) bond motifs is 1. The van der Waals surface area contributed by atoms with Gasteiger partial charge in [0, 0.05) is 58.8 Å². The van der Waals surface area contributed by atoms with E-state index in [-0.39, 0.29) is 11.7 Å². The molecule has 13 heteroatoms. The van der Waals surface area contributed by atoms with E-state index in [0.29, 0.717) is 0 Å². The van der Waals surface area contributed by atoms with Gasteiger partial charge in [-0.25, -0.2) is 4.79 Å². The minimum absolute atomic E-state index is 0.142. The number of hydrogen-bond acceptors (Lipinski definition) is 2. The van der Waals surface area contributed by atoms with Crippen molar-refractivity contribution in [2.24, 2.45) is 17.8 Å². The molecule has 2 aliphatic rings. The normalized spacial score (nSPS) is 21.9. The number of piperidine rings is 1. The summed E-state index contributed by atoms with van der Waals surface area (Å²) in [5.74, 6) is 2.33. The van der Waals surface area contributed by atoms with E-state index in [9.17, 15) is 4.79 Å². The molecule has 1 amide bonds. The third-order valence-corrected chi connectivity index (χ3v) is 3.27. The van der Waals surface area contributed by atoms with Gasteiger partial charge in [0.2, 0.25) is 0 Å².